The van der Waals surface area contributed by atoms with Crippen LogP contribution >= 0.6 is 11.6 Å². The van der Waals surface area contributed by atoms with Crippen LogP contribution in [0.1, 0.15) is 31.2 Å². The van der Waals surface area contributed by atoms with Crippen LogP contribution in [0.15, 0.2) is 18.2 Å². The minimum absolute atomic E-state index is 0.150. The molecule has 17 heavy (non-hydrogen) atoms. The molecular weight excluding hydrogens is 241 g/mol. The molecule has 1 aliphatic carbocycles. The average molecular weight is 258 g/mol. The van der Waals surface area contributed by atoms with Crippen LogP contribution in [0.5, 0.6) is 0 Å². The van der Waals surface area contributed by atoms with Crippen molar-refractivity contribution in [2.75, 3.05) is 0 Å². The molecule has 2 nitrogen and oxygen atoms in total. The molecule has 1 aromatic carbocycles. The second-order valence-corrected chi connectivity index (χ2v) is 5.03. The Hall–Kier alpha value is -0.640. The van der Waals surface area contributed by atoms with Crippen molar-refractivity contribution in [3.8, 4) is 0 Å². The van der Waals surface area contributed by atoms with Crippen molar-refractivity contribution in [3.05, 3.63) is 34.6 Å². The minimum atomic E-state index is -0.269. The molecule has 2 unspecified atom stereocenters. The molecule has 0 amide bonds. The molecule has 2 N–H and O–H groups in total. The molecule has 2 rings (SSSR count). The first-order valence-corrected chi connectivity index (χ1v) is 6.34. The van der Waals surface area contributed by atoms with Gasteiger partial charge in [-0.3, -0.25) is 0 Å². The van der Waals surface area contributed by atoms with E-state index < -0.39 is 0 Å². The van der Waals surface area contributed by atoms with E-state index in [4.69, 9.17) is 22.1 Å². The van der Waals surface area contributed by atoms with E-state index in [1.165, 1.54) is 12.1 Å². The maximum Gasteiger partial charge on any atom is 0.128 e. The fourth-order valence-corrected chi connectivity index (χ4v) is 2.39. The van der Waals surface area contributed by atoms with Crippen molar-refractivity contribution in [1.82, 2.24) is 0 Å². The molecule has 0 radical (unpaired) electrons. The summed E-state index contributed by atoms with van der Waals surface area (Å²) in [6.45, 7) is 0.268. The van der Waals surface area contributed by atoms with Gasteiger partial charge < -0.3 is 10.5 Å². The van der Waals surface area contributed by atoms with Crippen LogP contribution in [-0.4, -0.2) is 12.1 Å². The Morgan fingerprint density at radius 1 is 1.41 bits per heavy atom. The summed E-state index contributed by atoms with van der Waals surface area (Å²) in [6, 6.07) is 4.74. The molecule has 0 aromatic heterocycles. The van der Waals surface area contributed by atoms with Gasteiger partial charge in [-0.2, -0.15) is 0 Å². The molecule has 0 heterocycles. The first-order valence-electron chi connectivity index (χ1n) is 5.96. The third kappa shape index (κ3) is 3.66. The van der Waals surface area contributed by atoms with Crippen LogP contribution in [-0.2, 0) is 11.3 Å². The van der Waals surface area contributed by atoms with Crippen molar-refractivity contribution < 1.29 is 9.13 Å². The van der Waals surface area contributed by atoms with Gasteiger partial charge in [-0.25, -0.2) is 4.39 Å². The van der Waals surface area contributed by atoms with Crippen LogP contribution in [0.25, 0.3) is 0 Å². The van der Waals surface area contributed by atoms with E-state index in [0.29, 0.717) is 10.6 Å². The lowest BCUT2D eigenvalue weighted by Crippen LogP contribution is -2.32. The Morgan fingerprint density at radius 2 is 2.24 bits per heavy atom. The van der Waals surface area contributed by atoms with Gasteiger partial charge in [0.2, 0.25) is 0 Å². The highest BCUT2D eigenvalue weighted by Gasteiger charge is 2.20. The van der Waals surface area contributed by atoms with Gasteiger partial charge in [0.25, 0.3) is 0 Å². The zero-order valence-electron chi connectivity index (χ0n) is 9.66. The summed E-state index contributed by atoms with van der Waals surface area (Å²) in [7, 11) is 0. The summed E-state index contributed by atoms with van der Waals surface area (Å²) in [5.41, 5.74) is 6.38. The normalized spacial score (nSPS) is 24.9. The number of hydrogen-bond acceptors (Lipinski definition) is 2. The van der Waals surface area contributed by atoms with Crippen LogP contribution in [0, 0.1) is 5.82 Å². The summed E-state index contributed by atoms with van der Waals surface area (Å²) in [6.07, 6.45) is 4.17. The summed E-state index contributed by atoms with van der Waals surface area (Å²) in [5, 5.41) is 0.533. The monoisotopic (exact) mass is 257 g/mol. The van der Waals surface area contributed by atoms with E-state index in [0.717, 1.165) is 25.7 Å². The second kappa shape index (κ2) is 5.80. The highest BCUT2D eigenvalue weighted by Crippen LogP contribution is 2.22. The van der Waals surface area contributed by atoms with Crippen LogP contribution < -0.4 is 5.73 Å². The number of ether oxygens (including phenoxy) is 1. The lowest BCUT2D eigenvalue weighted by atomic mass is 9.93. The van der Waals surface area contributed by atoms with Gasteiger partial charge in [-0.15, -0.1) is 0 Å². The Kier molecular flexibility index (Phi) is 4.37. The van der Waals surface area contributed by atoms with Gasteiger partial charge in [0, 0.05) is 16.6 Å². The molecule has 94 valence electrons. The van der Waals surface area contributed by atoms with Crippen LogP contribution in [0.4, 0.5) is 4.39 Å². The van der Waals surface area contributed by atoms with Gasteiger partial charge in [0.1, 0.15) is 5.82 Å². The Labute approximate surface area is 106 Å². The Balaban J connectivity index is 1.90. The largest absolute Gasteiger partial charge is 0.373 e. The Bertz CT molecular complexity index is 386. The lowest BCUT2D eigenvalue weighted by molar-refractivity contribution is 0.0110. The Morgan fingerprint density at radius 3 is 3.00 bits per heavy atom. The molecule has 4 heteroatoms. The standard InChI is InChI=1S/C13H17ClFNO/c14-10-4-5-13(15)9(6-10)8-17-12-3-1-2-11(16)7-12/h4-6,11-12H,1-3,7-8,16H2. The summed E-state index contributed by atoms with van der Waals surface area (Å²) >= 11 is 5.82. The second-order valence-electron chi connectivity index (χ2n) is 4.60. The maximum absolute atomic E-state index is 13.4. The van der Waals surface area contributed by atoms with Crippen molar-refractivity contribution >= 4 is 11.6 Å². The summed E-state index contributed by atoms with van der Waals surface area (Å²) < 4.78 is 19.1. The third-order valence-corrected chi connectivity index (χ3v) is 3.38. The number of hydrogen-bond donors (Lipinski definition) is 1. The molecule has 2 atom stereocenters. The van der Waals surface area contributed by atoms with Gasteiger partial charge in [0.15, 0.2) is 0 Å². The quantitative estimate of drug-likeness (QED) is 0.902. The smallest absolute Gasteiger partial charge is 0.128 e. The van der Waals surface area contributed by atoms with Crippen molar-refractivity contribution in [2.45, 2.75) is 44.4 Å². The van der Waals surface area contributed by atoms with Gasteiger partial charge >= 0.3 is 0 Å². The van der Waals surface area contributed by atoms with Crippen LogP contribution in [0.2, 0.25) is 5.02 Å². The SMILES string of the molecule is NC1CCCC(OCc2cc(Cl)ccc2F)C1. The van der Waals surface area contributed by atoms with E-state index >= 15 is 0 Å². The number of nitrogens with two attached hydrogens (primary N) is 1. The fraction of sp³-hybridized carbons (Fsp3) is 0.538. The third-order valence-electron chi connectivity index (χ3n) is 3.15. The van der Waals surface area contributed by atoms with E-state index in [1.807, 2.05) is 0 Å². The highest BCUT2D eigenvalue weighted by molar-refractivity contribution is 6.30. The molecule has 0 bridgehead atoms. The van der Waals surface area contributed by atoms with E-state index in [-0.39, 0.29) is 24.6 Å². The number of rotatable bonds is 3. The number of halogens is 2. The minimum Gasteiger partial charge on any atom is -0.373 e. The topological polar surface area (TPSA) is 35.2 Å². The van der Waals surface area contributed by atoms with Crippen molar-refractivity contribution in [3.63, 3.8) is 0 Å². The highest BCUT2D eigenvalue weighted by atomic mass is 35.5. The summed E-state index contributed by atoms with van der Waals surface area (Å²) in [4.78, 5) is 0. The molecule has 1 aromatic rings. The predicted octanol–water partition coefficient (Wildman–Crippen LogP) is 3.27. The fourth-order valence-electron chi connectivity index (χ4n) is 2.19. The first kappa shape index (κ1) is 12.8. The molecule has 1 aliphatic rings. The van der Waals surface area contributed by atoms with E-state index in [9.17, 15) is 4.39 Å². The number of benzene rings is 1. The molecular formula is C13H17ClFNO. The lowest BCUT2D eigenvalue weighted by Gasteiger charge is -2.26. The molecule has 1 fully saturated rings. The van der Waals surface area contributed by atoms with Crippen molar-refractivity contribution in [2.24, 2.45) is 5.73 Å². The maximum atomic E-state index is 13.4. The molecule has 0 spiro atoms. The van der Waals surface area contributed by atoms with E-state index in [2.05, 4.69) is 0 Å². The zero-order valence-corrected chi connectivity index (χ0v) is 10.4. The zero-order chi connectivity index (χ0) is 12.3. The molecule has 0 saturated heterocycles. The molecule has 1 saturated carbocycles. The van der Waals surface area contributed by atoms with Crippen LogP contribution in [0.3, 0.4) is 0 Å². The van der Waals surface area contributed by atoms with Crippen molar-refractivity contribution in [1.29, 1.82) is 0 Å². The predicted molar refractivity (Wildman–Crippen MR) is 66.4 cm³/mol. The molecule has 0 aliphatic heterocycles. The van der Waals surface area contributed by atoms with Gasteiger partial charge in [-0.05, 0) is 43.9 Å². The van der Waals surface area contributed by atoms with E-state index in [1.54, 1.807) is 6.07 Å². The average Bonchev–Trinajstić information content (AvgIpc) is 2.30. The first-order chi connectivity index (χ1) is 8.15. The summed E-state index contributed by atoms with van der Waals surface area (Å²) in [5.74, 6) is -0.269. The van der Waals surface area contributed by atoms with Gasteiger partial charge in [0.05, 0.1) is 12.7 Å². The van der Waals surface area contributed by atoms with Gasteiger partial charge in [-0.1, -0.05) is 11.6 Å².